The molecule has 5 nitrogen and oxygen atoms in total. The third-order valence-electron chi connectivity index (χ3n) is 6.50. The molecule has 0 spiro atoms. The van der Waals surface area contributed by atoms with Crippen molar-refractivity contribution >= 4 is 21.6 Å². The van der Waals surface area contributed by atoms with Gasteiger partial charge >= 0.3 is 0 Å². The Kier molecular flexibility index (Phi) is 6.55. The van der Waals surface area contributed by atoms with Crippen LogP contribution < -0.4 is 15.6 Å². The lowest BCUT2D eigenvalue weighted by molar-refractivity contribution is 0.414. The van der Waals surface area contributed by atoms with Gasteiger partial charge < -0.3 is 10.1 Å². The number of benzene rings is 2. The molecule has 1 N–H and O–H groups in total. The van der Waals surface area contributed by atoms with Crippen LogP contribution in [0.25, 0.3) is 10.2 Å². The summed E-state index contributed by atoms with van der Waals surface area (Å²) in [5.74, 6) is 0.840. The van der Waals surface area contributed by atoms with Crippen molar-refractivity contribution in [2.45, 2.75) is 44.7 Å². The van der Waals surface area contributed by atoms with Crippen LogP contribution in [0, 0.1) is 0 Å². The molecule has 6 heteroatoms. The second kappa shape index (κ2) is 9.89. The highest BCUT2D eigenvalue weighted by molar-refractivity contribution is 7.18. The Hall–Kier alpha value is -2.96. The van der Waals surface area contributed by atoms with E-state index in [1.807, 2.05) is 18.2 Å². The molecule has 1 aliphatic carbocycles. The Morgan fingerprint density at radius 3 is 2.82 bits per heavy atom. The zero-order chi connectivity index (χ0) is 22.6. The quantitative estimate of drug-likeness (QED) is 0.424. The Balaban J connectivity index is 1.27. The first kappa shape index (κ1) is 21.9. The summed E-state index contributed by atoms with van der Waals surface area (Å²) in [6.45, 7) is 1.59. The van der Waals surface area contributed by atoms with Crippen molar-refractivity contribution in [3.63, 3.8) is 0 Å². The van der Waals surface area contributed by atoms with Gasteiger partial charge in [-0.25, -0.2) is 4.98 Å². The summed E-state index contributed by atoms with van der Waals surface area (Å²) < 4.78 is 7.07. The van der Waals surface area contributed by atoms with E-state index >= 15 is 0 Å². The van der Waals surface area contributed by atoms with E-state index in [1.54, 1.807) is 29.3 Å². The summed E-state index contributed by atoms with van der Waals surface area (Å²) in [5.41, 5.74) is 3.83. The summed E-state index contributed by atoms with van der Waals surface area (Å²) in [6.07, 6.45) is 6.50. The molecular weight excluding hydrogens is 430 g/mol. The minimum atomic E-state index is 0.0934. The van der Waals surface area contributed by atoms with Gasteiger partial charge in [0.2, 0.25) is 0 Å². The van der Waals surface area contributed by atoms with Gasteiger partial charge in [0, 0.05) is 17.5 Å². The molecule has 0 aliphatic heterocycles. The Morgan fingerprint density at radius 1 is 1.12 bits per heavy atom. The Morgan fingerprint density at radius 2 is 1.97 bits per heavy atom. The summed E-state index contributed by atoms with van der Waals surface area (Å²) in [5, 5.41) is 4.56. The van der Waals surface area contributed by atoms with Crippen LogP contribution in [-0.2, 0) is 32.2 Å². The van der Waals surface area contributed by atoms with Crippen LogP contribution in [0.1, 0.15) is 28.0 Å². The highest BCUT2D eigenvalue weighted by atomic mass is 32.1. The Bertz CT molecular complexity index is 1300. The molecule has 2 aromatic carbocycles. The molecule has 1 aliphatic rings. The molecule has 4 aromatic rings. The number of hydrogen-bond acceptors (Lipinski definition) is 5. The van der Waals surface area contributed by atoms with Crippen molar-refractivity contribution in [2.75, 3.05) is 13.7 Å². The van der Waals surface area contributed by atoms with E-state index in [2.05, 4.69) is 46.7 Å². The summed E-state index contributed by atoms with van der Waals surface area (Å²) in [6, 6.07) is 19.1. The van der Waals surface area contributed by atoms with Crippen LogP contribution in [0.15, 0.2) is 65.7 Å². The molecule has 0 saturated heterocycles. The van der Waals surface area contributed by atoms with E-state index in [0.717, 1.165) is 60.2 Å². The van der Waals surface area contributed by atoms with Gasteiger partial charge in [-0.2, -0.15) is 0 Å². The fourth-order valence-electron chi connectivity index (χ4n) is 4.68. The van der Waals surface area contributed by atoms with Gasteiger partial charge in [-0.05, 0) is 67.5 Å². The third kappa shape index (κ3) is 4.87. The molecule has 0 amide bonds. The first-order valence-corrected chi connectivity index (χ1v) is 12.4. The van der Waals surface area contributed by atoms with Crippen molar-refractivity contribution in [1.29, 1.82) is 0 Å². The lowest BCUT2D eigenvalue weighted by Crippen LogP contribution is -2.35. The predicted octanol–water partition coefficient (Wildman–Crippen LogP) is 4.40. The van der Waals surface area contributed by atoms with Crippen molar-refractivity contribution in [3.8, 4) is 5.75 Å². The molecule has 0 fully saturated rings. The molecule has 5 rings (SSSR count). The number of methoxy groups -OCH3 is 1. The maximum atomic E-state index is 13.3. The highest BCUT2D eigenvalue weighted by Crippen LogP contribution is 2.33. The maximum absolute atomic E-state index is 13.3. The van der Waals surface area contributed by atoms with Gasteiger partial charge in [-0.1, -0.05) is 42.5 Å². The average Bonchev–Trinajstić information content (AvgIpc) is 3.23. The predicted molar refractivity (Wildman–Crippen MR) is 135 cm³/mol. The smallest absolute Gasteiger partial charge is 0.262 e. The monoisotopic (exact) mass is 459 g/mol. The second-order valence-corrected chi connectivity index (χ2v) is 9.74. The van der Waals surface area contributed by atoms with Gasteiger partial charge in [0.15, 0.2) is 0 Å². The number of hydrogen-bond donors (Lipinski definition) is 1. The van der Waals surface area contributed by atoms with Crippen LogP contribution >= 0.6 is 11.3 Å². The van der Waals surface area contributed by atoms with Crippen LogP contribution in [0.4, 0.5) is 0 Å². The number of fused-ring (bicyclic) bond motifs is 3. The molecule has 0 radical (unpaired) electrons. The van der Waals surface area contributed by atoms with Crippen LogP contribution in [-0.4, -0.2) is 29.2 Å². The number of nitrogens with zero attached hydrogens (tertiary/aromatic N) is 2. The minimum Gasteiger partial charge on any atom is -0.497 e. The summed E-state index contributed by atoms with van der Waals surface area (Å²) >= 11 is 1.69. The molecule has 170 valence electrons. The van der Waals surface area contributed by atoms with Crippen LogP contribution in [0.3, 0.4) is 0 Å². The second-order valence-electron chi connectivity index (χ2n) is 8.66. The van der Waals surface area contributed by atoms with Crippen molar-refractivity contribution < 1.29 is 4.74 Å². The molecule has 2 aromatic heterocycles. The van der Waals surface area contributed by atoms with Gasteiger partial charge in [0.1, 0.15) is 10.6 Å². The topological polar surface area (TPSA) is 56.2 Å². The SMILES string of the molecule is COc1cccc(CCn2cnc3sc4c(c3c2=O)CC[C@H](NCCc2ccccc2)C4)c1. The number of thiophene rings is 1. The largest absolute Gasteiger partial charge is 0.497 e. The van der Waals surface area contributed by atoms with E-state index in [0.29, 0.717) is 12.6 Å². The molecule has 1 atom stereocenters. The van der Waals surface area contributed by atoms with Gasteiger partial charge in [0.25, 0.3) is 5.56 Å². The zero-order valence-electron chi connectivity index (χ0n) is 18.9. The summed E-state index contributed by atoms with van der Waals surface area (Å²) in [4.78, 5) is 20.2. The summed E-state index contributed by atoms with van der Waals surface area (Å²) in [7, 11) is 1.67. The van der Waals surface area contributed by atoms with E-state index in [4.69, 9.17) is 4.74 Å². The number of aryl methyl sites for hydroxylation is 3. The number of aromatic nitrogens is 2. The van der Waals surface area contributed by atoms with Gasteiger partial charge in [-0.15, -0.1) is 11.3 Å². The third-order valence-corrected chi connectivity index (χ3v) is 7.66. The van der Waals surface area contributed by atoms with E-state index in [1.165, 1.54) is 16.0 Å². The fourth-order valence-corrected chi connectivity index (χ4v) is 5.94. The molecule has 0 saturated carbocycles. The van der Waals surface area contributed by atoms with Gasteiger partial charge in [0.05, 0.1) is 18.8 Å². The normalized spacial score (nSPS) is 15.5. The fraction of sp³-hybridized carbons (Fsp3) is 0.333. The molecule has 33 heavy (non-hydrogen) atoms. The van der Waals surface area contributed by atoms with Gasteiger partial charge in [-0.3, -0.25) is 9.36 Å². The maximum Gasteiger partial charge on any atom is 0.262 e. The molecule has 0 unspecified atom stereocenters. The number of nitrogens with one attached hydrogen (secondary N) is 1. The molecular formula is C27H29N3O2S. The number of rotatable bonds is 8. The average molecular weight is 460 g/mol. The lowest BCUT2D eigenvalue weighted by Gasteiger charge is -2.23. The highest BCUT2D eigenvalue weighted by Gasteiger charge is 2.25. The number of ether oxygens (including phenoxy) is 1. The van der Waals surface area contributed by atoms with Crippen LogP contribution in [0.5, 0.6) is 5.75 Å². The molecule has 2 heterocycles. The van der Waals surface area contributed by atoms with E-state index < -0.39 is 0 Å². The zero-order valence-corrected chi connectivity index (χ0v) is 19.7. The van der Waals surface area contributed by atoms with Crippen LogP contribution in [0.2, 0.25) is 0 Å². The first-order chi connectivity index (χ1) is 16.2. The first-order valence-electron chi connectivity index (χ1n) is 11.6. The lowest BCUT2D eigenvalue weighted by atomic mass is 9.93. The van der Waals surface area contributed by atoms with E-state index in [9.17, 15) is 4.79 Å². The van der Waals surface area contributed by atoms with Crippen molar-refractivity contribution in [1.82, 2.24) is 14.9 Å². The standard InChI is InChI=1S/C27H29N3O2S/c1-32-22-9-5-8-20(16-22)13-15-30-18-29-26-25(27(30)31)23-11-10-21(17-24(23)33-26)28-14-12-19-6-3-2-4-7-19/h2-9,16,18,21,28H,10-15,17H2,1H3/t21-/m0/s1. The molecule has 0 bridgehead atoms. The Labute approximate surface area is 198 Å². The van der Waals surface area contributed by atoms with E-state index in [-0.39, 0.29) is 5.56 Å². The van der Waals surface area contributed by atoms with Crippen molar-refractivity contribution in [3.05, 3.63) is 92.8 Å². The minimum absolute atomic E-state index is 0.0934. The van der Waals surface area contributed by atoms with Crippen molar-refractivity contribution in [2.24, 2.45) is 0 Å².